The summed E-state index contributed by atoms with van der Waals surface area (Å²) < 4.78 is 4.53. The summed E-state index contributed by atoms with van der Waals surface area (Å²) in [5.74, 6) is 0. The van der Waals surface area contributed by atoms with Crippen LogP contribution < -0.4 is 5.32 Å². The second-order valence-electron chi connectivity index (χ2n) is 1.66. The zero-order valence-electron chi connectivity index (χ0n) is 7.52. The number of allylic oxidation sites excluding steroid dienone is 1. The molecule has 0 bridgehead atoms. The van der Waals surface area contributed by atoms with Gasteiger partial charge >= 0.3 is 6.09 Å². The van der Waals surface area contributed by atoms with Crippen molar-refractivity contribution in [3.8, 4) is 0 Å². The number of carbonyl (C=O) groups excluding carboxylic acids is 1. The van der Waals surface area contributed by atoms with Crippen LogP contribution in [0.25, 0.3) is 0 Å². The monoisotopic (exact) mass is 159 g/mol. The van der Waals surface area contributed by atoms with Gasteiger partial charge in [0.05, 0.1) is 6.61 Å². The molecule has 0 radical (unpaired) electrons. The Hall–Kier alpha value is -0.990. The molecule has 0 saturated heterocycles. The number of ether oxygens (including phenoxy) is 1. The van der Waals surface area contributed by atoms with Crippen LogP contribution in [0.4, 0.5) is 4.79 Å². The van der Waals surface area contributed by atoms with Gasteiger partial charge in [0.2, 0.25) is 0 Å². The second kappa shape index (κ2) is 11.8. The third kappa shape index (κ3) is 17.6. The summed E-state index contributed by atoms with van der Waals surface area (Å²) in [4.78, 5) is 10.3. The van der Waals surface area contributed by atoms with Crippen LogP contribution in [-0.2, 0) is 4.74 Å². The Balaban J connectivity index is 0. The number of hydrogen-bond donors (Lipinski definition) is 1. The van der Waals surface area contributed by atoms with Crippen molar-refractivity contribution in [2.24, 2.45) is 0 Å². The van der Waals surface area contributed by atoms with Gasteiger partial charge in [0.25, 0.3) is 0 Å². The molecule has 0 atom stereocenters. The van der Waals surface area contributed by atoms with Gasteiger partial charge in [0.1, 0.15) is 0 Å². The molecule has 0 aliphatic rings. The average Bonchev–Trinajstić information content (AvgIpc) is 1.90. The molecule has 0 saturated carbocycles. The topological polar surface area (TPSA) is 38.3 Å². The van der Waals surface area contributed by atoms with Crippen LogP contribution in [0.5, 0.6) is 0 Å². The minimum Gasteiger partial charge on any atom is -0.450 e. The molecule has 0 aromatic heterocycles. The maximum absolute atomic E-state index is 10.3. The maximum Gasteiger partial charge on any atom is 0.407 e. The molecule has 0 aromatic carbocycles. The van der Waals surface area contributed by atoms with E-state index in [-0.39, 0.29) is 6.09 Å². The normalized spacial score (nSPS) is 7.18. The van der Waals surface area contributed by atoms with E-state index in [0.717, 1.165) is 0 Å². The molecule has 0 aliphatic carbocycles. The molecule has 0 rings (SSSR count). The maximum atomic E-state index is 10.3. The molecular formula is C8H17NO2. The van der Waals surface area contributed by atoms with Gasteiger partial charge in [-0.25, -0.2) is 4.79 Å². The van der Waals surface area contributed by atoms with Gasteiger partial charge in [-0.2, -0.15) is 0 Å². The lowest BCUT2D eigenvalue weighted by atomic mass is 10.7. The summed E-state index contributed by atoms with van der Waals surface area (Å²) in [6.45, 7) is 9.93. The highest BCUT2D eigenvalue weighted by molar-refractivity contribution is 5.66. The van der Waals surface area contributed by atoms with Crippen molar-refractivity contribution in [1.82, 2.24) is 5.32 Å². The van der Waals surface area contributed by atoms with E-state index in [9.17, 15) is 4.79 Å². The first kappa shape index (κ1) is 12.7. The van der Waals surface area contributed by atoms with Crippen molar-refractivity contribution in [2.75, 3.05) is 13.2 Å². The van der Waals surface area contributed by atoms with Gasteiger partial charge in [0, 0.05) is 6.54 Å². The molecule has 0 spiro atoms. The first-order valence-electron chi connectivity index (χ1n) is 3.70. The zero-order chi connectivity index (χ0) is 9.11. The fraction of sp³-hybridized carbons (Fsp3) is 0.625. The van der Waals surface area contributed by atoms with E-state index < -0.39 is 0 Å². The molecule has 0 heterocycles. The van der Waals surface area contributed by atoms with Crippen LogP contribution in [0.2, 0.25) is 0 Å². The van der Waals surface area contributed by atoms with Gasteiger partial charge in [0.15, 0.2) is 0 Å². The molecule has 1 N–H and O–H groups in total. The molecule has 66 valence electrons. The van der Waals surface area contributed by atoms with Gasteiger partial charge in [-0.1, -0.05) is 6.08 Å². The third-order valence-electron chi connectivity index (χ3n) is 0.597. The lowest BCUT2D eigenvalue weighted by molar-refractivity contribution is 0.153. The highest BCUT2D eigenvalue weighted by Crippen LogP contribution is 1.72. The third-order valence-corrected chi connectivity index (χ3v) is 0.597. The molecule has 0 aliphatic heterocycles. The number of amides is 1. The van der Waals surface area contributed by atoms with E-state index in [1.54, 1.807) is 13.0 Å². The predicted molar refractivity (Wildman–Crippen MR) is 46.6 cm³/mol. The van der Waals surface area contributed by atoms with E-state index in [0.29, 0.717) is 13.2 Å². The highest BCUT2D eigenvalue weighted by Gasteiger charge is 1.92. The molecule has 0 aromatic rings. The number of carbonyl (C=O) groups is 1. The largest absolute Gasteiger partial charge is 0.450 e. The van der Waals surface area contributed by atoms with Crippen LogP contribution in [0, 0.1) is 0 Å². The van der Waals surface area contributed by atoms with E-state index in [4.69, 9.17) is 0 Å². The van der Waals surface area contributed by atoms with E-state index in [1.807, 2.05) is 13.8 Å². The van der Waals surface area contributed by atoms with Crippen LogP contribution in [0.15, 0.2) is 12.7 Å². The quantitative estimate of drug-likeness (QED) is 0.625. The lowest BCUT2D eigenvalue weighted by Gasteiger charge is -1.99. The molecule has 3 heteroatoms. The van der Waals surface area contributed by atoms with Crippen LogP contribution in [0.1, 0.15) is 20.8 Å². The second-order valence-corrected chi connectivity index (χ2v) is 1.66. The first-order valence-corrected chi connectivity index (χ1v) is 3.70. The molecule has 11 heavy (non-hydrogen) atoms. The summed E-state index contributed by atoms with van der Waals surface area (Å²) in [7, 11) is 0. The number of rotatable bonds is 2. The minimum absolute atomic E-state index is 0.338. The smallest absolute Gasteiger partial charge is 0.407 e. The summed E-state index contributed by atoms with van der Waals surface area (Å²) >= 11 is 0. The van der Waals surface area contributed by atoms with Crippen LogP contribution in [0.3, 0.4) is 0 Å². The minimum atomic E-state index is -0.338. The Morgan fingerprint density at radius 3 is 2.36 bits per heavy atom. The SMILES string of the molecule is C=CC.CCNC(=O)OCC. The van der Waals surface area contributed by atoms with E-state index in [1.165, 1.54) is 0 Å². The lowest BCUT2D eigenvalue weighted by Crippen LogP contribution is -2.23. The summed E-state index contributed by atoms with van der Waals surface area (Å²) in [5, 5.41) is 2.49. The van der Waals surface area contributed by atoms with E-state index in [2.05, 4.69) is 16.6 Å². The Labute approximate surface area is 68.4 Å². The molecule has 3 nitrogen and oxygen atoms in total. The number of nitrogens with one attached hydrogen (secondary N) is 1. The first-order chi connectivity index (χ1) is 5.22. The summed E-state index contributed by atoms with van der Waals surface area (Å²) in [6, 6.07) is 0. The average molecular weight is 159 g/mol. The highest BCUT2D eigenvalue weighted by atomic mass is 16.5. The predicted octanol–water partition coefficient (Wildman–Crippen LogP) is 1.94. The fourth-order valence-electron chi connectivity index (χ4n) is 0.326. The standard InChI is InChI=1S/C5H11NO2.C3H6/c1-3-6-5(7)8-4-2;1-3-2/h3-4H2,1-2H3,(H,6,7);3H,1H2,2H3. The Morgan fingerprint density at radius 2 is 2.09 bits per heavy atom. The van der Waals surface area contributed by atoms with Gasteiger partial charge in [-0.3, -0.25) is 0 Å². The Bertz CT molecular complexity index is 94.3. The van der Waals surface area contributed by atoms with Crippen molar-refractivity contribution >= 4 is 6.09 Å². The molecule has 0 unspecified atom stereocenters. The van der Waals surface area contributed by atoms with Crippen molar-refractivity contribution in [2.45, 2.75) is 20.8 Å². The Morgan fingerprint density at radius 1 is 1.64 bits per heavy atom. The zero-order valence-corrected chi connectivity index (χ0v) is 7.52. The van der Waals surface area contributed by atoms with Crippen molar-refractivity contribution in [1.29, 1.82) is 0 Å². The Kier molecular flexibility index (Phi) is 13.5. The fourth-order valence-corrected chi connectivity index (χ4v) is 0.326. The van der Waals surface area contributed by atoms with Gasteiger partial charge in [-0.05, 0) is 20.8 Å². The van der Waals surface area contributed by atoms with Crippen molar-refractivity contribution in [3.63, 3.8) is 0 Å². The van der Waals surface area contributed by atoms with Gasteiger partial charge < -0.3 is 10.1 Å². The van der Waals surface area contributed by atoms with Crippen LogP contribution in [-0.4, -0.2) is 19.2 Å². The number of hydrogen-bond acceptors (Lipinski definition) is 2. The molecule has 0 fully saturated rings. The van der Waals surface area contributed by atoms with Gasteiger partial charge in [-0.15, -0.1) is 6.58 Å². The number of alkyl carbamates (subject to hydrolysis) is 1. The van der Waals surface area contributed by atoms with Crippen molar-refractivity contribution < 1.29 is 9.53 Å². The molecular weight excluding hydrogens is 142 g/mol. The summed E-state index contributed by atoms with van der Waals surface area (Å²) in [6.07, 6.45) is 1.41. The molecule has 1 amide bonds. The van der Waals surface area contributed by atoms with E-state index >= 15 is 0 Å². The summed E-state index contributed by atoms with van der Waals surface area (Å²) in [5.41, 5.74) is 0. The van der Waals surface area contributed by atoms with Crippen LogP contribution >= 0.6 is 0 Å². The van der Waals surface area contributed by atoms with Crippen molar-refractivity contribution in [3.05, 3.63) is 12.7 Å².